The number of allylic oxidation sites excluding steroid dienone is 1. The predicted octanol–water partition coefficient (Wildman–Crippen LogP) is 4.17. The summed E-state index contributed by atoms with van der Waals surface area (Å²) in [5.74, 6) is 0. The summed E-state index contributed by atoms with van der Waals surface area (Å²) in [6.45, 7) is 17.5. The first-order valence-electron chi connectivity index (χ1n) is 7.58. The minimum absolute atomic E-state index is 0.0175. The first kappa shape index (κ1) is 17.5. The third kappa shape index (κ3) is 6.63. The van der Waals surface area contributed by atoms with E-state index in [-0.39, 0.29) is 11.5 Å². The molecule has 0 bridgehead atoms. The first-order chi connectivity index (χ1) is 9.69. The highest BCUT2D eigenvalue weighted by Crippen LogP contribution is 2.22. The van der Waals surface area contributed by atoms with E-state index in [0.29, 0.717) is 0 Å². The topological polar surface area (TPSA) is 38.0 Å². The van der Waals surface area contributed by atoms with Crippen molar-refractivity contribution in [3.8, 4) is 0 Å². The molecule has 1 aromatic carbocycles. The Balaban J connectivity index is 2.67. The zero-order valence-corrected chi connectivity index (χ0v) is 14.0. The van der Waals surface area contributed by atoms with Gasteiger partial charge < -0.3 is 11.1 Å². The quantitative estimate of drug-likeness (QED) is 0.738. The van der Waals surface area contributed by atoms with Gasteiger partial charge in [0, 0.05) is 18.3 Å². The van der Waals surface area contributed by atoms with Crippen LogP contribution in [0, 0.1) is 5.41 Å². The smallest absolute Gasteiger partial charge is 0.0400 e. The van der Waals surface area contributed by atoms with Crippen LogP contribution in [0.2, 0.25) is 0 Å². The molecule has 3 N–H and O–H groups in total. The lowest BCUT2D eigenvalue weighted by atomic mass is 9.91. The number of hydrogen-bond donors (Lipinski definition) is 2. The lowest BCUT2D eigenvalue weighted by molar-refractivity contribution is 0.398. The Morgan fingerprint density at radius 2 is 1.76 bits per heavy atom. The van der Waals surface area contributed by atoms with Crippen LogP contribution in [-0.2, 0) is 13.0 Å². The average molecular weight is 286 g/mol. The van der Waals surface area contributed by atoms with Gasteiger partial charge in [-0.25, -0.2) is 0 Å². The van der Waals surface area contributed by atoms with E-state index in [0.717, 1.165) is 30.7 Å². The van der Waals surface area contributed by atoms with Gasteiger partial charge in [-0.1, -0.05) is 63.8 Å². The monoisotopic (exact) mass is 286 g/mol. The van der Waals surface area contributed by atoms with Crippen molar-refractivity contribution in [2.75, 3.05) is 0 Å². The van der Waals surface area contributed by atoms with Gasteiger partial charge in [0.15, 0.2) is 0 Å². The van der Waals surface area contributed by atoms with Gasteiger partial charge in [-0.05, 0) is 36.3 Å². The molecule has 21 heavy (non-hydrogen) atoms. The van der Waals surface area contributed by atoms with E-state index in [9.17, 15) is 0 Å². The normalized spacial score (nSPS) is 12.8. The van der Waals surface area contributed by atoms with Gasteiger partial charge in [0.25, 0.3) is 0 Å². The highest BCUT2D eigenvalue weighted by Gasteiger charge is 2.12. The fourth-order valence-electron chi connectivity index (χ4n) is 2.26. The molecular formula is C19H30N2. The Morgan fingerprint density at radius 1 is 1.19 bits per heavy atom. The molecule has 0 fully saturated rings. The summed E-state index contributed by atoms with van der Waals surface area (Å²) in [7, 11) is 0. The van der Waals surface area contributed by atoms with E-state index < -0.39 is 0 Å². The summed E-state index contributed by atoms with van der Waals surface area (Å²) in [5.41, 5.74) is 11.0. The maximum atomic E-state index is 6.12. The Labute approximate surface area is 130 Å². The molecule has 0 saturated carbocycles. The summed E-state index contributed by atoms with van der Waals surface area (Å²) in [5, 5.41) is 3.44. The lowest BCUT2D eigenvalue weighted by Gasteiger charge is -2.21. The third-order valence-electron chi connectivity index (χ3n) is 3.46. The largest absolute Gasteiger partial charge is 0.385 e. The molecule has 0 aliphatic rings. The first-order valence-corrected chi connectivity index (χ1v) is 7.58. The van der Waals surface area contributed by atoms with Crippen LogP contribution in [-0.4, -0.2) is 6.04 Å². The zero-order chi connectivity index (χ0) is 16.0. The highest BCUT2D eigenvalue weighted by molar-refractivity contribution is 5.29. The molecule has 0 aromatic heterocycles. The van der Waals surface area contributed by atoms with Crippen molar-refractivity contribution in [1.82, 2.24) is 5.32 Å². The second-order valence-electron chi connectivity index (χ2n) is 7.12. The van der Waals surface area contributed by atoms with Crippen molar-refractivity contribution < 1.29 is 0 Å². The molecule has 1 unspecified atom stereocenters. The molecule has 0 heterocycles. The van der Waals surface area contributed by atoms with E-state index in [1.807, 2.05) is 6.92 Å². The summed E-state index contributed by atoms with van der Waals surface area (Å²) >= 11 is 0. The molecule has 0 saturated heterocycles. The fourth-order valence-corrected chi connectivity index (χ4v) is 2.26. The van der Waals surface area contributed by atoms with Gasteiger partial charge in [-0.2, -0.15) is 0 Å². The zero-order valence-electron chi connectivity index (χ0n) is 14.0. The van der Waals surface area contributed by atoms with Crippen LogP contribution in [0.25, 0.3) is 0 Å². The third-order valence-corrected chi connectivity index (χ3v) is 3.46. The highest BCUT2D eigenvalue weighted by atomic mass is 14.9. The van der Waals surface area contributed by atoms with Gasteiger partial charge in [0.1, 0.15) is 0 Å². The Bertz CT molecular complexity index is 495. The Morgan fingerprint density at radius 3 is 2.29 bits per heavy atom. The number of hydrogen-bond acceptors (Lipinski definition) is 2. The molecule has 116 valence electrons. The number of nitrogens with one attached hydrogen (secondary N) is 1. The van der Waals surface area contributed by atoms with Gasteiger partial charge in [-0.3, -0.25) is 0 Å². The molecular weight excluding hydrogens is 256 g/mol. The van der Waals surface area contributed by atoms with Crippen molar-refractivity contribution >= 4 is 0 Å². The van der Waals surface area contributed by atoms with Crippen molar-refractivity contribution in [1.29, 1.82) is 0 Å². The molecule has 0 aliphatic carbocycles. The molecule has 0 amide bonds. The molecule has 1 rings (SSSR count). The lowest BCUT2D eigenvalue weighted by Crippen LogP contribution is -2.25. The van der Waals surface area contributed by atoms with Crippen molar-refractivity contribution in [3.05, 3.63) is 59.8 Å². The van der Waals surface area contributed by atoms with Crippen LogP contribution in [0.3, 0.4) is 0 Å². The van der Waals surface area contributed by atoms with Crippen LogP contribution < -0.4 is 11.1 Å². The van der Waals surface area contributed by atoms with Crippen LogP contribution >= 0.6 is 0 Å². The standard InChI is InChI=1S/C19H30N2/c1-14(2)18(20)11-16-9-7-8-10-17(16)13-21-15(3)12-19(4,5)6/h7-10,18,21H,1,3,11-13,20H2,2,4-6H3. The van der Waals surface area contributed by atoms with Crippen molar-refractivity contribution in [2.24, 2.45) is 11.1 Å². The molecule has 2 heteroatoms. The minimum Gasteiger partial charge on any atom is -0.385 e. The van der Waals surface area contributed by atoms with E-state index in [1.165, 1.54) is 11.1 Å². The van der Waals surface area contributed by atoms with Crippen molar-refractivity contribution in [2.45, 2.75) is 53.1 Å². The van der Waals surface area contributed by atoms with E-state index >= 15 is 0 Å². The summed E-state index contributed by atoms with van der Waals surface area (Å²) < 4.78 is 0. The summed E-state index contributed by atoms with van der Waals surface area (Å²) in [6, 6.07) is 8.45. The minimum atomic E-state index is 0.0175. The number of benzene rings is 1. The molecule has 0 radical (unpaired) electrons. The predicted molar refractivity (Wildman–Crippen MR) is 93.0 cm³/mol. The maximum Gasteiger partial charge on any atom is 0.0400 e. The average Bonchev–Trinajstić information content (AvgIpc) is 2.35. The molecule has 2 nitrogen and oxygen atoms in total. The maximum absolute atomic E-state index is 6.12. The molecule has 1 atom stereocenters. The second-order valence-corrected chi connectivity index (χ2v) is 7.12. The SMILES string of the molecule is C=C(CC(C)(C)C)NCc1ccccc1CC(N)C(=C)C. The van der Waals surface area contributed by atoms with Gasteiger partial charge in [0.2, 0.25) is 0 Å². The van der Waals surface area contributed by atoms with E-state index in [4.69, 9.17) is 5.73 Å². The molecule has 0 spiro atoms. The van der Waals surface area contributed by atoms with Gasteiger partial charge >= 0.3 is 0 Å². The van der Waals surface area contributed by atoms with E-state index in [1.54, 1.807) is 0 Å². The Hall–Kier alpha value is -1.54. The van der Waals surface area contributed by atoms with E-state index in [2.05, 4.69) is 63.5 Å². The van der Waals surface area contributed by atoms with Crippen LogP contribution in [0.5, 0.6) is 0 Å². The van der Waals surface area contributed by atoms with Gasteiger partial charge in [0.05, 0.1) is 0 Å². The summed E-state index contributed by atoms with van der Waals surface area (Å²) in [6.07, 6.45) is 1.80. The summed E-state index contributed by atoms with van der Waals surface area (Å²) in [4.78, 5) is 0. The molecule has 0 aliphatic heterocycles. The van der Waals surface area contributed by atoms with Crippen LogP contribution in [0.4, 0.5) is 0 Å². The number of nitrogens with two attached hydrogens (primary N) is 1. The fraction of sp³-hybridized carbons (Fsp3) is 0.474. The van der Waals surface area contributed by atoms with Crippen LogP contribution in [0.1, 0.15) is 45.2 Å². The molecule has 1 aromatic rings. The van der Waals surface area contributed by atoms with Crippen molar-refractivity contribution in [3.63, 3.8) is 0 Å². The van der Waals surface area contributed by atoms with Crippen LogP contribution in [0.15, 0.2) is 48.7 Å². The Kier molecular flexibility index (Phi) is 6.22. The number of rotatable bonds is 7. The van der Waals surface area contributed by atoms with Gasteiger partial charge in [-0.15, -0.1) is 0 Å². The second kappa shape index (κ2) is 7.46.